The number of benzene rings is 3. The summed E-state index contributed by atoms with van der Waals surface area (Å²) in [7, 11) is 0. The van der Waals surface area contributed by atoms with Gasteiger partial charge in [-0.05, 0) is 57.7 Å². The fourth-order valence-electron chi connectivity index (χ4n) is 9.37. The van der Waals surface area contributed by atoms with Gasteiger partial charge in [-0.15, -0.1) is 0 Å². The minimum Gasteiger partial charge on any atom is -0.458 e. The maximum absolute atomic E-state index is 13.1. The molecule has 0 bridgehead atoms. The van der Waals surface area contributed by atoms with Crippen molar-refractivity contribution >= 4 is 11.9 Å². The highest BCUT2D eigenvalue weighted by molar-refractivity contribution is 5.67. The van der Waals surface area contributed by atoms with Crippen molar-refractivity contribution in [2.75, 3.05) is 6.54 Å². The Hall–Kier alpha value is -7.05. The molecule has 0 unspecified atom stereocenters. The minimum absolute atomic E-state index is 0.00655. The van der Waals surface area contributed by atoms with E-state index in [1.165, 1.54) is 0 Å². The second-order valence-corrected chi connectivity index (χ2v) is 16.1. The van der Waals surface area contributed by atoms with Crippen molar-refractivity contribution in [3.8, 4) is 0 Å². The molecule has 24 heteroatoms. The molecule has 2 saturated heterocycles. The molecule has 0 aromatic heterocycles. The van der Waals surface area contributed by atoms with Crippen molar-refractivity contribution in [1.82, 2.24) is 0 Å². The molecule has 3 aliphatic rings. The van der Waals surface area contributed by atoms with E-state index in [9.17, 15) is 37.2 Å². The molecule has 0 spiro atoms. The van der Waals surface area contributed by atoms with E-state index in [1.807, 2.05) is 78.9 Å². The summed E-state index contributed by atoms with van der Waals surface area (Å²) < 4.78 is 45.5. The summed E-state index contributed by atoms with van der Waals surface area (Å²) in [5.41, 5.74) is 52.2. The monoisotopic (exact) mass is 919 g/mol. The molecule has 1 aliphatic carbocycles. The van der Waals surface area contributed by atoms with Crippen LogP contribution >= 0.6 is 0 Å². The molecule has 0 radical (unpaired) electrons. The number of hydrogen-bond donors (Lipinski definition) is 0. The highest BCUT2D eigenvalue weighted by atomic mass is 16.6. The molecule has 1 saturated carbocycles. The van der Waals surface area contributed by atoms with E-state index in [-0.39, 0.29) is 32.8 Å². The van der Waals surface area contributed by atoms with Crippen LogP contribution in [0.2, 0.25) is 0 Å². The molecular formula is C43H49N15O9. The maximum Gasteiger partial charge on any atom is 0.303 e. The number of nitrogens with zero attached hydrogens (tertiary/aromatic N) is 15. The summed E-state index contributed by atoms with van der Waals surface area (Å²) in [6, 6.07) is 22.7. The molecule has 15 atom stereocenters. The smallest absolute Gasteiger partial charge is 0.303 e. The lowest BCUT2D eigenvalue weighted by Gasteiger charge is -2.56. The molecule has 67 heavy (non-hydrogen) atoms. The summed E-state index contributed by atoms with van der Waals surface area (Å²) >= 11 is 0. The predicted octanol–water partition coefficient (Wildman–Crippen LogP) is 8.82. The zero-order chi connectivity index (χ0) is 47.7. The van der Waals surface area contributed by atoms with E-state index in [1.54, 1.807) is 19.1 Å². The maximum atomic E-state index is 13.1. The van der Waals surface area contributed by atoms with E-state index in [2.05, 4.69) is 50.1 Å². The fourth-order valence-corrected chi connectivity index (χ4v) is 9.37. The van der Waals surface area contributed by atoms with Gasteiger partial charge < -0.3 is 33.2 Å². The molecule has 0 N–H and O–H groups in total. The lowest BCUT2D eigenvalue weighted by molar-refractivity contribution is -0.263. The Morgan fingerprint density at radius 2 is 1.03 bits per heavy atom. The third kappa shape index (κ3) is 12.4. The minimum atomic E-state index is -1.55. The molecule has 24 nitrogen and oxygen atoms in total. The quantitative estimate of drug-likeness (QED) is 0.0479. The van der Waals surface area contributed by atoms with Gasteiger partial charge in [-0.1, -0.05) is 117 Å². The van der Waals surface area contributed by atoms with E-state index < -0.39 is 103 Å². The van der Waals surface area contributed by atoms with Crippen LogP contribution in [0.15, 0.2) is 117 Å². The Morgan fingerprint density at radius 3 is 1.54 bits per heavy atom. The molecule has 2 heterocycles. The van der Waals surface area contributed by atoms with E-state index in [0.717, 1.165) is 25.0 Å². The molecular weight excluding hydrogens is 871 g/mol. The first-order valence-corrected chi connectivity index (χ1v) is 21.4. The highest BCUT2D eigenvalue weighted by Crippen LogP contribution is 2.49. The Morgan fingerprint density at radius 1 is 0.552 bits per heavy atom. The first kappa shape index (κ1) is 49.4. The third-order valence-corrected chi connectivity index (χ3v) is 12.0. The SMILES string of the molecule is CC(=O)O[C@H]1[C@H]([C@@H]2[C@@H](OCc3ccccc3)[C@H](N=[N+]=[N-])C[C@H](N=[N+]=[N-])[C@H]2[C@H]2O[C@H](CN=[N+]=[N-])[C@@H](OCc3ccccc3)[C@H](OCc3ccccc3)[C@H]2N=[N+]=[N-])O[C@H](C)[C@@H](N=[N+]=[N-])[C@@H]1OC(C)=O. The number of ether oxygens (including phenoxy) is 7. The van der Waals surface area contributed by atoms with Gasteiger partial charge in [0.1, 0.15) is 18.2 Å². The molecule has 3 fully saturated rings. The average Bonchev–Trinajstić information content (AvgIpc) is 3.32. The largest absolute Gasteiger partial charge is 0.458 e. The highest BCUT2D eigenvalue weighted by Gasteiger charge is 2.62. The standard InChI is InChI=1S/C43H49N15O9/c1-24-35(52-57-47)42(65-25(2)59)43(66-26(3)60)40(64-24)34-33(30(50-55-45)19-31(51-56-46)37(34)61-21-27-13-7-4-8-14-27)39-36(53-58-48)41(63-23-29-17-11-6-12-18-29)38(32(67-39)20-49-54-44)62-22-28-15-9-5-10-16-28/h4-18,24,30-43H,19-23H2,1-3H3/t24-,30+,31-,32-,33-,34+,35-,36+,37+,38-,39-,40+,41-,42+,43+/m1/s1. The number of carbonyl (C=O) groups is 2. The summed E-state index contributed by atoms with van der Waals surface area (Å²) in [5.74, 6) is -4.06. The number of esters is 2. The topological polar surface area (TPSA) is 343 Å². The third-order valence-electron chi connectivity index (χ3n) is 12.0. The summed E-state index contributed by atoms with van der Waals surface area (Å²) in [4.78, 5) is 41.5. The summed E-state index contributed by atoms with van der Waals surface area (Å²) in [6.45, 7) is 3.49. The van der Waals surface area contributed by atoms with E-state index in [0.29, 0.717) is 5.56 Å². The summed E-state index contributed by atoms with van der Waals surface area (Å²) in [6.07, 6.45) is -11.4. The van der Waals surface area contributed by atoms with Crippen LogP contribution in [0.3, 0.4) is 0 Å². The normalized spacial score (nSPS) is 31.1. The zero-order valence-electron chi connectivity index (χ0n) is 36.7. The van der Waals surface area contributed by atoms with Crippen molar-refractivity contribution in [3.63, 3.8) is 0 Å². The van der Waals surface area contributed by atoms with Gasteiger partial charge in [0, 0.05) is 56.3 Å². The van der Waals surface area contributed by atoms with Crippen molar-refractivity contribution in [2.45, 2.75) is 126 Å². The average molecular weight is 920 g/mol. The number of carbonyl (C=O) groups excluding carboxylic acids is 2. The second kappa shape index (κ2) is 24.5. The van der Waals surface area contributed by atoms with Gasteiger partial charge in [-0.25, -0.2) is 0 Å². The second-order valence-electron chi connectivity index (χ2n) is 16.1. The Labute approximate surface area is 383 Å². The Bertz CT molecular complexity index is 2380. The van der Waals surface area contributed by atoms with Crippen molar-refractivity contribution in [2.24, 2.45) is 37.4 Å². The van der Waals surface area contributed by atoms with Crippen LogP contribution in [0, 0.1) is 11.8 Å². The molecule has 6 rings (SSSR count). The predicted molar refractivity (Wildman–Crippen MR) is 237 cm³/mol. The molecule has 2 aliphatic heterocycles. The first-order valence-electron chi connectivity index (χ1n) is 21.4. The number of azide groups is 5. The van der Waals surface area contributed by atoms with Crippen molar-refractivity contribution in [3.05, 3.63) is 160 Å². The van der Waals surface area contributed by atoms with Gasteiger partial charge in [-0.3, -0.25) is 9.59 Å². The Kier molecular flexibility index (Phi) is 18.0. The van der Waals surface area contributed by atoms with Gasteiger partial charge in [0.2, 0.25) is 0 Å². The number of hydrogen-bond acceptors (Lipinski definition) is 14. The van der Waals surface area contributed by atoms with Crippen LogP contribution in [0.25, 0.3) is 52.2 Å². The van der Waals surface area contributed by atoms with E-state index in [4.69, 9.17) is 33.2 Å². The molecule has 0 amide bonds. The zero-order valence-corrected chi connectivity index (χ0v) is 36.7. The van der Waals surface area contributed by atoms with Crippen LogP contribution in [-0.2, 0) is 62.6 Å². The molecule has 3 aromatic carbocycles. The number of rotatable bonds is 19. The van der Waals surface area contributed by atoms with E-state index >= 15 is 0 Å². The van der Waals surface area contributed by atoms with Crippen LogP contribution in [-0.4, -0.2) is 97.6 Å². The van der Waals surface area contributed by atoms with Crippen LogP contribution in [0.4, 0.5) is 0 Å². The lowest BCUT2D eigenvalue weighted by atomic mass is 9.63. The van der Waals surface area contributed by atoms with Gasteiger partial charge >= 0.3 is 11.9 Å². The van der Waals surface area contributed by atoms with Gasteiger partial charge in [-0.2, -0.15) is 0 Å². The van der Waals surface area contributed by atoms with Crippen LogP contribution in [0.1, 0.15) is 43.9 Å². The van der Waals surface area contributed by atoms with Crippen LogP contribution < -0.4 is 0 Å². The van der Waals surface area contributed by atoms with Gasteiger partial charge in [0.15, 0.2) is 12.2 Å². The molecule has 3 aromatic rings. The van der Waals surface area contributed by atoms with Crippen molar-refractivity contribution < 1.29 is 42.7 Å². The van der Waals surface area contributed by atoms with Crippen LogP contribution in [0.5, 0.6) is 0 Å². The lowest BCUT2D eigenvalue weighted by Crippen LogP contribution is -2.69. The molecule has 350 valence electrons. The van der Waals surface area contributed by atoms with Gasteiger partial charge in [0.05, 0.1) is 69.0 Å². The fraction of sp³-hybridized carbons (Fsp3) is 0.535. The van der Waals surface area contributed by atoms with Gasteiger partial charge in [0.25, 0.3) is 0 Å². The first-order chi connectivity index (χ1) is 32.6. The summed E-state index contributed by atoms with van der Waals surface area (Å²) in [5, 5.41) is 20.5. The van der Waals surface area contributed by atoms with Crippen molar-refractivity contribution in [1.29, 1.82) is 0 Å². The Balaban J connectivity index is 1.59.